The van der Waals surface area contributed by atoms with Crippen molar-refractivity contribution in [2.24, 2.45) is 0 Å². The van der Waals surface area contributed by atoms with Crippen LogP contribution in [0.25, 0.3) is 37.8 Å². The summed E-state index contributed by atoms with van der Waals surface area (Å²) in [5.41, 5.74) is 0.268. The first-order chi connectivity index (χ1) is 21.7. The second-order valence-corrected chi connectivity index (χ2v) is 11.5. The smallest absolute Gasteiger partial charge is 0.319 e. The molecule has 5 heterocycles. The number of aromatic nitrogens is 4. The minimum Gasteiger partial charge on any atom is -0.462 e. The van der Waals surface area contributed by atoms with Crippen LogP contribution in [0.15, 0.2) is 49.2 Å². The van der Waals surface area contributed by atoms with Crippen LogP contribution in [0.3, 0.4) is 0 Å². The minimum absolute atomic E-state index is 0.0251. The molecule has 1 amide bonds. The lowest BCUT2D eigenvalue weighted by molar-refractivity contribution is -0.131. The van der Waals surface area contributed by atoms with Crippen LogP contribution >= 0.6 is 11.6 Å². The number of alkyl halides is 1. The summed E-state index contributed by atoms with van der Waals surface area (Å²) in [7, 11) is 1.80. The van der Waals surface area contributed by atoms with Gasteiger partial charge in [0.25, 0.3) is 5.91 Å². The van der Waals surface area contributed by atoms with Crippen molar-refractivity contribution in [2.45, 2.75) is 24.7 Å². The van der Waals surface area contributed by atoms with E-state index in [0.29, 0.717) is 21.4 Å². The van der Waals surface area contributed by atoms with E-state index in [1.165, 1.54) is 17.3 Å². The number of nitrogens with zero attached hydrogens (tertiary/aromatic N) is 8. The van der Waals surface area contributed by atoms with Crippen LogP contribution in [0.1, 0.15) is 6.42 Å². The fourth-order valence-corrected chi connectivity index (χ4v) is 6.28. The van der Waals surface area contributed by atoms with Gasteiger partial charge in [-0.3, -0.25) is 19.7 Å². The molecule has 0 unspecified atom stereocenters. The van der Waals surface area contributed by atoms with Crippen molar-refractivity contribution in [3.8, 4) is 17.3 Å². The quantitative estimate of drug-likeness (QED) is 0.210. The first-order valence-corrected chi connectivity index (χ1v) is 14.6. The average Bonchev–Trinajstić information content (AvgIpc) is 3.36. The van der Waals surface area contributed by atoms with Gasteiger partial charge < -0.3 is 19.4 Å². The molecule has 45 heavy (non-hydrogen) atoms. The number of likely N-dealkylation sites (N-methyl/N-ethyl adjacent to an activating group) is 1. The fraction of sp³-hybridized carbons (Fsp3) is 0.355. The highest BCUT2D eigenvalue weighted by atomic mass is 35.5. The summed E-state index contributed by atoms with van der Waals surface area (Å²) < 4.78 is 50.3. The number of likely N-dealkylation sites (tertiary alicyclic amines) is 1. The predicted octanol–water partition coefficient (Wildman–Crippen LogP) is 4.87. The Bertz CT molecular complexity index is 1850. The Labute approximate surface area is 261 Å². The van der Waals surface area contributed by atoms with E-state index in [9.17, 15) is 13.6 Å². The maximum absolute atomic E-state index is 16.6. The summed E-state index contributed by atoms with van der Waals surface area (Å²) in [4.78, 5) is 38.5. The molecule has 0 spiro atoms. The first-order valence-electron chi connectivity index (χ1n) is 14.3. The second kappa shape index (κ2) is 12.5. The zero-order valence-corrected chi connectivity index (χ0v) is 25.0. The van der Waals surface area contributed by atoms with Gasteiger partial charge in [-0.05, 0) is 19.5 Å². The van der Waals surface area contributed by atoms with E-state index in [-0.39, 0.29) is 80.2 Å². The van der Waals surface area contributed by atoms with E-state index < -0.39 is 29.8 Å². The number of hydrogen-bond donors (Lipinski definition) is 0. The highest BCUT2D eigenvalue weighted by Crippen LogP contribution is 2.37. The molecule has 0 aliphatic carbocycles. The van der Waals surface area contributed by atoms with E-state index in [4.69, 9.17) is 22.9 Å². The molecule has 0 bridgehead atoms. The van der Waals surface area contributed by atoms with Gasteiger partial charge in [0.1, 0.15) is 35.8 Å². The van der Waals surface area contributed by atoms with Crippen molar-refractivity contribution in [2.75, 3.05) is 51.3 Å². The van der Waals surface area contributed by atoms with Crippen LogP contribution < -0.4 is 9.64 Å². The van der Waals surface area contributed by atoms with E-state index in [2.05, 4.69) is 31.4 Å². The third-order valence-corrected chi connectivity index (χ3v) is 8.57. The third-order valence-electron chi connectivity index (χ3n) is 8.25. The largest absolute Gasteiger partial charge is 0.462 e. The highest BCUT2D eigenvalue weighted by molar-refractivity contribution is 6.36. The molecule has 2 aliphatic rings. The Hall–Kier alpha value is -4.54. The monoisotopic (exact) mass is 636 g/mol. The van der Waals surface area contributed by atoms with Gasteiger partial charge in [0.05, 0.1) is 5.39 Å². The Morgan fingerprint density at radius 2 is 2.02 bits per heavy atom. The fourth-order valence-electron chi connectivity index (χ4n) is 5.99. The van der Waals surface area contributed by atoms with Crippen molar-refractivity contribution in [1.29, 1.82) is 0 Å². The molecule has 1 aromatic carbocycles. The number of ether oxygens (including phenoxy) is 1. The molecule has 2 aliphatic heterocycles. The van der Waals surface area contributed by atoms with Crippen LogP contribution in [0.5, 0.6) is 6.01 Å². The molecule has 6 rings (SSSR count). The molecule has 0 saturated carbocycles. The number of pyridine rings is 2. The number of benzene rings is 1. The van der Waals surface area contributed by atoms with Crippen LogP contribution in [0, 0.1) is 12.4 Å². The highest BCUT2D eigenvalue weighted by Gasteiger charge is 2.36. The topological polar surface area (TPSA) is 91.9 Å². The summed E-state index contributed by atoms with van der Waals surface area (Å²) in [5.74, 6) is -2.48. The number of carbonyl (C=O) groups excluding carboxylic acids is 1. The van der Waals surface area contributed by atoms with Gasteiger partial charge in [-0.25, -0.2) is 19.7 Å². The average molecular weight is 637 g/mol. The standard InChI is InChI=1S/C31H28ClF3N8O2/c1-17(33)30(44)43-8-7-42(15-21(43)11-36-2)29-23-13-38-27(22-12-37-10-18-5-4-6-24(32)25(18)22)26(35)28(23)39-31(40-29)45-16-20-9-19(34)14-41(20)3/h4-6,10,12-13,19-21H,1,7-9,11,14-16H2,3H3/t19-,20+,21+/m1/s1. The molecule has 0 N–H and O–H groups in total. The van der Waals surface area contributed by atoms with Crippen LogP contribution in [-0.2, 0) is 4.79 Å². The molecule has 3 atom stereocenters. The van der Waals surface area contributed by atoms with Crippen LogP contribution in [0.4, 0.5) is 19.0 Å². The van der Waals surface area contributed by atoms with Gasteiger partial charge in [-0.2, -0.15) is 9.97 Å². The van der Waals surface area contributed by atoms with Crippen molar-refractivity contribution in [3.63, 3.8) is 0 Å². The lowest BCUT2D eigenvalue weighted by atomic mass is 10.0. The summed E-state index contributed by atoms with van der Waals surface area (Å²) in [6, 6.07) is 4.25. The number of halogens is 4. The molecule has 2 fully saturated rings. The Kier molecular flexibility index (Phi) is 8.44. The number of piperazine rings is 1. The van der Waals surface area contributed by atoms with E-state index in [1.807, 2.05) is 11.0 Å². The number of amides is 1. The van der Waals surface area contributed by atoms with Crippen molar-refractivity contribution in [3.05, 3.63) is 71.5 Å². The summed E-state index contributed by atoms with van der Waals surface area (Å²) in [5, 5.41) is 1.95. The SMILES string of the molecule is [C-]#[N+]C[C@H]1CN(c2nc(OC[C@@H]3C[C@@H](F)CN3C)nc3c(F)c(-c4cncc5cccc(Cl)c45)ncc23)CCN1C(=O)C(=C)F. The van der Waals surface area contributed by atoms with Gasteiger partial charge in [0, 0.05) is 72.2 Å². The van der Waals surface area contributed by atoms with Crippen molar-refractivity contribution in [1.82, 2.24) is 29.7 Å². The van der Waals surface area contributed by atoms with Gasteiger partial charge in [-0.15, -0.1) is 0 Å². The molecule has 3 aromatic heterocycles. The normalized spacial score (nSPS) is 20.5. The number of hydrogen-bond acceptors (Lipinski definition) is 8. The van der Waals surface area contributed by atoms with Crippen molar-refractivity contribution < 1.29 is 22.7 Å². The van der Waals surface area contributed by atoms with Gasteiger partial charge >= 0.3 is 6.01 Å². The third kappa shape index (κ3) is 5.83. The van der Waals surface area contributed by atoms with Gasteiger partial charge in [-0.1, -0.05) is 30.3 Å². The Morgan fingerprint density at radius 1 is 1.20 bits per heavy atom. The number of anilines is 1. The minimum atomic E-state index is -1.11. The molecule has 14 heteroatoms. The molecule has 232 valence electrons. The molecular formula is C31H28ClF3N8O2. The second-order valence-electron chi connectivity index (χ2n) is 11.1. The maximum atomic E-state index is 16.6. The Balaban J connectivity index is 1.45. The lowest BCUT2D eigenvalue weighted by Crippen LogP contribution is -2.56. The zero-order chi connectivity index (χ0) is 31.8. The molecule has 0 radical (unpaired) electrons. The Morgan fingerprint density at radius 3 is 2.76 bits per heavy atom. The molecule has 10 nitrogen and oxygen atoms in total. The van der Waals surface area contributed by atoms with Crippen molar-refractivity contribution >= 4 is 45.0 Å². The first kappa shape index (κ1) is 30.5. The number of rotatable bonds is 7. The van der Waals surface area contributed by atoms with E-state index in [1.54, 1.807) is 30.3 Å². The molecule has 2 saturated heterocycles. The predicted molar refractivity (Wildman–Crippen MR) is 164 cm³/mol. The van der Waals surface area contributed by atoms with Gasteiger partial charge in [0.15, 0.2) is 11.6 Å². The summed E-state index contributed by atoms with van der Waals surface area (Å²) in [6.07, 6.45) is 3.86. The maximum Gasteiger partial charge on any atom is 0.319 e. The van der Waals surface area contributed by atoms with Crippen LogP contribution in [-0.4, -0.2) is 100 Å². The van der Waals surface area contributed by atoms with E-state index >= 15 is 4.39 Å². The van der Waals surface area contributed by atoms with E-state index in [0.717, 1.165) is 0 Å². The summed E-state index contributed by atoms with van der Waals surface area (Å²) >= 11 is 6.51. The summed E-state index contributed by atoms with van der Waals surface area (Å²) in [6.45, 7) is 11.1. The molecule has 4 aromatic rings. The molecular weight excluding hydrogens is 609 g/mol. The van der Waals surface area contributed by atoms with Gasteiger partial charge in [0.2, 0.25) is 6.54 Å². The lowest BCUT2D eigenvalue weighted by Gasteiger charge is -2.39. The number of carbonyl (C=O) groups is 1. The van der Waals surface area contributed by atoms with Crippen LogP contribution in [0.2, 0.25) is 5.02 Å². The number of fused-ring (bicyclic) bond motifs is 2. The zero-order valence-electron chi connectivity index (χ0n) is 24.3.